The van der Waals surface area contributed by atoms with Gasteiger partial charge in [-0.25, -0.2) is 0 Å². The minimum Gasteiger partial charge on any atom is -0.461 e. The molecule has 2 rings (SSSR count). The van der Waals surface area contributed by atoms with Crippen LogP contribution in [0.3, 0.4) is 0 Å². The van der Waals surface area contributed by atoms with E-state index < -0.39 is 0 Å². The molecular weight excluding hydrogens is 226 g/mol. The first-order valence-electron chi connectivity index (χ1n) is 6.44. The number of benzene rings is 1. The molecule has 0 radical (unpaired) electrons. The van der Waals surface area contributed by atoms with Gasteiger partial charge in [0.2, 0.25) is 0 Å². The molecular formula is C15H21NO2. The molecule has 1 atom stereocenters. The number of fused-ring (bicyclic) bond motifs is 1. The fraction of sp³-hybridized carbons (Fsp3) is 0.467. The maximum atomic E-state index is 9.32. The quantitative estimate of drug-likeness (QED) is 0.854. The van der Waals surface area contributed by atoms with Gasteiger partial charge in [-0.3, -0.25) is 0 Å². The normalized spacial score (nSPS) is 13.4. The summed E-state index contributed by atoms with van der Waals surface area (Å²) in [5.74, 6) is 1.36. The van der Waals surface area contributed by atoms with E-state index in [2.05, 4.69) is 25.2 Å². The lowest BCUT2D eigenvalue weighted by atomic mass is 10.0. The topological polar surface area (TPSA) is 45.4 Å². The minimum absolute atomic E-state index is 0.123. The molecule has 0 spiro atoms. The zero-order valence-corrected chi connectivity index (χ0v) is 11.2. The van der Waals surface area contributed by atoms with Crippen LogP contribution in [0.5, 0.6) is 0 Å². The van der Waals surface area contributed by atoms with E-state index in [4.69, 9.17) is 4.42 Å². The molecule has 2 N–H and O–H groups in total. The van der Waals surface area contributed by atoms with Gasteiger partial charge in [0.25, 0.3) is 0 Å². The molecule has 0 bridgehead atoms. The molecule has 1 aromatic heterocycles. The summed E-state index contributed by atoms with van der Waals surface area (Å²) in [6, 6.07) is 8.18. The van der Waals surface area contributed by atoms with Gasteiger partial charge in [0, 0.05) is 23.5 Å². The Labute approximate surface area is 108 Å². The van der Waals surface area contributed by atoms with Gasteiger partial charge in [-0.1, -0.05) is 32.0 Å². The summed E-state index contributed by atoms with van der Waals surface area (Å²) < 4.78 is 5.72. The monoisotopic (exact) mass is 247 g/mol. The Kier molecular flexibility index (Phi) is 4.04. The number of aliphatic hydroxyl groups excluding tert-OH is 1. The number of rotatable bonds is 5. The number of furan rings is 1. The number of hydrogen-bond donors (Lipinski definition) is 2. The van der Waals surface area contributed by atoms with E-state index in [0.29, 0.717) is 5.92 Å². The summed E-state index contributed by atoms with van der Waals surface area (Å²) in [4.78, 5) is 0. The Morgan fingerprint density at radius 1 is 1.28 bits per heavy atom. The first kappa shape index (κ1) is 13.1. The fourth-order valence-corrected chi connectivity index (χ4v) is 2.19. The first-order valence-corrected chi connectivity index (χ1v) is 6.44. The summed E-state index contributed by atoms with van der Waals surface area (Å²) in [5, 5.41) is 13.9. The Morgan fingerprint density at radius 2 is 2.00 bits per heavy atom. The van der Waals surface area contributed by atoms with Crippen molar-refractivity contribution in [3.63, 3.8) is 0 Å². The predicted octanol–water partition coefficient (Wildman–Crippen LogP) is 2.85. The molecule has 0 aliphatic carbocycles. The van der Waals surface area contributed by atoms with Crippen LogP contribution in [0.4, 0.5) is 0 Å². The number of aliphatic hydroxyl groups is 1. The van der Waals surface area contributed by atoms with Crippen molar-refractivity contribution in [2.45, 2.75) is 33.4 Å². The average Bonchev–Trinajstić information content (AvgIpc) is 2.66. The lowest BCUT2D eigenvalue weighted by molar-refractivity contribution is 0.210. The second-order valence-electron chi connectivity index (χ2n) is 5.05. The van der Waals surface area contributed by atoms with E-state index >= 15 is 0 Å². The lowest BCUT2D eigenvalue weighted by Gasteiger charge is -2.19. The van der Waals surface area contributed by atoms with Gasteiger partial charge in [0.1, 0.15) is 11.3 Å². The molecule has 0 aliphatic heterocycles. The summed E-state index contributed by atoms with van der Waals surface area (Å²) in [5.41, 5.74) is 2.11. The largest absolute Gasteiger partial charge is 0.461 e. The van der Waals surface area contributed by atoms with E-state index in [1.54, 1.807) is 0 Å². The predicted molar refractivity (Wildman–Crippen MR) is 73.5 cm³/mol. The molecule has 0 aliphatic rings. The second kappa shape index (κ2) is 5.55. The van der Waals surface area contributed by atoms with Gasteiger partial charge in [0.15, 0.2) is 0 Å². The smallest absolute Gasteiger partial charge is 0.134 e. The van der Waals surface area contributed by atoms with Crippen molar-refractivity contribution in [3.05, 3.63) is 35.6 Å². The standard InChI is InChI=1S/C15H21NO2/c1-10(2)14(9-17)16-8-13-11(3)18-15-7-5-4-6-12(13)15/h4-7,10,14,16-17H,8-9H2,1-3H3/t14-/m1/s1. The molecule has 0 unspecified atom stereocenters. The van der Waals surface area contributed by atoms with Crippen LogP contribution in [0.25, 0.3) is 11.0 Å². The van der Waals surface area contributed by atoms with Crippen molar-refractivity contribution < 1.29 is 9.52 Å². The lowest BCUT2D eigenvalue weighted by Crippen LogP contribution is -2.36. The third kappa shape index (κ3) is 2.57. The Balaban J connectivity index is 2.19. The van der Waals surface area contributed by atoms with E-state index in [-0.39, 0.29) is 12.6 Å². The molecule has 1 heterocycles. The molecule has 18 heavy (non-hydrogen) atoms. The molecule has 98 valence electrons. The van der Waals surface area contributed by atoms with Crippen LogP contribution >= 0.6 is 0 Å². The zero-order valence-electron chi connectivity index (χ0n) is 11.2. The summed E-state index contributed by atoms with van der Waals surface area (Å²) in [7, 11) is 0. The molecule has 3 nitrogen and oxygen atoms in total. The maximum Gasteiger partial charge on any atom is 0.134 e. The van der Waals surface area contributed by atoms with Crippen LogP contribution in [0, 0.1) is 12.8 Å². The van der Waals surface area contributed by atoms with Gasteiger partial charge in [-0.15, -0.1) is 0 Å². The van der Waals surface area contributed by atoms with Crippen LogP contribution in [-0.2, 0) is 6.54 Å². The Morgan fingerprint density at radius 3 is 2.67 bits per heavy atom. The molecule has 1 aromatic carbocycles. The number of nitrogens with one attached hydrogen (secondary N) is 1. The van der Waals surface area contributed by atoms with Crippen molar-refractivity contribution in [3.8, 4) is 0 Å². The average molecular weight is 247 g/mol. The third-order valence-corrected chi connectivity index (χ3v) is 3.44. The molecule has 0 saturated heterocycles. The minimum atomic E-state index is 0.123. The SMILES string of the molecule is Cc1oc2ccccc2c1CN[C@H](CO)C(C)C. The summed E-state index contributed by atoms with van der Waals surface area (Å²) >= 11 is 0. The van der Waals surface area contributed by atoms with Crippen LogP contribution < -0.4 is 5.32 Å². The highest BCUT2D eigenvalue weighted by atomic mass is 16.3. The first-order chi connectivity index (χ1) is 8.63. The number of aryl methyl sites for hydroxylation is 1. The highest BCUT2D eigenvalue weighted by Crippen LogP contribution is 2.25. The zero-order chi connectivity index (χ0) is 13.1. The van der Waals surface area contributed by atoms with Crippen molar-refractivity contribution in [1.29, 1.82) is 0 Å². The molecule has 0 amide bonds. The van der Waals surface area contributed by atoms with Crippen LogP contribution in [0.1, 0.15) is 25.2 Å². The van der Waals surface area contributed by atoms with Crippen LogP contribution in [-0.4, -0.2) is 17.8 Å². The summed E-state index contributed by atoms with van der Waals surface area (Å²) in [6.07, 6.45) is 0. The van der Waals surface area contributed by atoms with E-state index in [9.17, 15) is 5.11 Å². The van der Waals surface area contributed by atoms with Gasteiger partial charge >= 0.3 is 0 Å². The van der Waals surface area contributed by atoms with Gasteiger partial charge in [0.05, 0.1) is 6.61 Å². The summed E-state index contributed by atoms with van der Waals surface area (Å²) in [6.45, 7) is 7.08. The van der Waals surface area contributed by atoms with Gasteiger partial charge < -0.3 is 14.8 Å². The molecule has 2 aromatic rings. The molecule has 3 heteroatoms. The van der Waals surface area contributed by atoms with Crippen molar-refractivity contribution in [2.75, 3.05) is 6.61 Å². The highest BCUT2D eigenvalue weighted by molar-refractivity contribution is 5.82. The van der Waals surface area contributed by atoms with Crippen molar-refractivity contribution >= 4 is 11.0 Å². The molecule has 0 saturated carbocycles. The number of para-hydroxylation sites is 1. The van der Waals surface area contributed by atoms with E-state index in [1.807, 2.05) is 25.1 Å². The highest BCUT2D eigenvalue weighted by Gasteiger charge is 2.14. The maximum absolute atomic E-state index is 9.32. The van der Waals surface area contributed by atoms with Gasteiger partial charge in [-0.2, -0.15) is 0 Å². The Hall–Kier alpha value is -1.32. The van der Waals surface area contributed by atoms with Crippen molar-refractivity contribution in [1.82, 2.24) is 5.32 Å². The number of hydrogen-bond acceptors (Lipinski definition) is 3. The van der Waals surface area contributed by atoms with Crippen molar-refractivity contribution in [2.24, 2.45) is 5.92 Å². The fourth-order valence-electron chi connectivity index (χ4n) is 2.19. The van der Waals surface area contributed by atoms with E-state index in [0.717, 1.165) is 23.3 Å². The third-order valence-electron chi connectivity index (χ3n) is 3.44. The second-order valence-corrected chi connectivity index (χ2v) is 5.05. The van der Waals surface area contributed by atoms with Gasteiger partial charge in [-0.05, 0) is 18.9 Å². The van der Waals surface area contributed by atoms with E-state index in [1.165, 1.54) is 5.56 Å². The molecule has 0 fully saturated rings. The van der Waals surface area contributed by atoms with Crippen LogP contribution in [0.15, 0.2) is 28.7 Å². The van der Waals surface area contributed by atoms with Crippen LogP contribution in [0.2, 0.25) is 0 Å². The Bertz CT molecular complexity index is 516.